The van der Waals surface area contributed by atoms with E-state index in [1.54, 1.807) is 25.1 Å². The van der Waals surface area contributed by atoms with E-state index >= 15 is 0 Å². The summed E-state index contributed by atoms with van der Waals surface area (Å²) in [5.41, 5.74) is 1.02. The molecule has 8 nitrogen and oxygen atoms in total. The SMILES string of the molecule is CC(C)(C)c1ccc(C2(C)NC(=O)N(CC(=O)Nc3ccc4c(c3)OCCO4)C2=O)cc1. The summed E-state index contributed by atoms with van der Waals surface area (Å²) in [6.45, 7) is 8.48. The zero-order valence-corrected chi connectivity index (χ0v) is 18.7. The lowest BCUT2D eigenvalue weighted by Crippen LogP contribution is -2.42. The standard InChI is InChI=1S/C24H27N3O5/c1-23(2,3)15-5-7-16(8-6-15)24(4)21(29)27(22(30)26-24)14-20(28)25-17-9-10-18-19(13-17)32-12-11-31-18/h5-10,13H,11-12,14H2,1-4H3,(H,25,28)(H,26,30). The Bertz CT molecular complexity index is 1070. The molecule has 2 aromatic carbocycles. The minimum atomic E-state index is -1.23. The van der Waals surface area contributed by atoms with Crippen molar-refractivity contribution >= 4 is 23.5 Å². The predicted molar refractivity (Wildman–Crippen MR) is 119 cm³/mol. The van der Waals surface area contributed by atoms with Crippen LogP contribution >= 0.6 is 0 Å². The number of fused-ring (bicyclic) bond motifs is 1. The van der Waals surface area contributed by atoms with E-state index in [4.69, 9.17) is 9.47 Å². The third-order valence-corrected chi connectivity index (χ3v) is 5.73. The highest BCUT2D eigenvalue weighted by Gasteiger charge is 2.49. The number of nitrogens with one attached hydrogen (secondary N) is 2. The molecule has 32 heavy (non-hydrogen) atoms. The minimum Gasteiger partial charge on any atom is -0.486 e. The minimum absolute atomic E-state index is 0.0274. The van der Waals surface area contributed by atoms with Crippen LogP contribution in [0.1, 0.15) is 38.8 Å². The first kappa shape index (κ1) is 21.7. The molecule has 0 aromatic heterocycles. The van der Waals surface area contributed by atoms with E-state index in [1.807, 2.05) is 24.3 Å². The van der Waals surface area contributed by atoms with Crippen LogP contribution in [0.3, 0.4) is 0 Å². The van der Waals surface area contributed by atoms with Gasteiger partial charge in [0.1, 0.15) is 25.3 Å². The van der Waals surface area contributed by atoms with Gasteiger partial charge in [0.25, 0.3) is 5.91 Å². The fourth-order valence-corrected chi connectivity index (χ4v) is 3.81. The monoisotopic (exact) mass is 437 g/mol. The van der Waals surface area contributed by atoms with Crippen LogP contribution in [0.5, 0.6) is 11.5 Å². The molecule has 2 aromatic rings. The number of urea groups is 1. The molecule has 2 aliphatic heterocycles. The molecular formula is C24H27N3O5. The topological polar surface area (TPSA) is 97.0 Å². The second kappa shape index (κ2) is 7.85. The largest absolute Gasteiger partial charge is 0.486 e. The predicted octanol–water partition coefficient (Wildman–Crippen LogP) is 3.16. The number of imide groups is 1. The molecule has 4 rings (SSSR count). The van der Waals surface area contributed by atoms with E-state index in [0.717, 1.165) is 10.5 Å². The van der Waals surface area contributed by atoms with Crippen molar-refractivity contribution in [2.75, 3.05) is 25.1 Å². The van der Waals surface area contributed by atoms with Gasteiger partial charge in [-0.2, -0.15) is 0 Å². The summed E-state index contributed by atoms with van der Waals surface area (Å²) in [6, 6.07) is 12.0. The Morgan fingerprint density at radius 2 is 1.72 bits per heavy atom. The second-order valence-corrected chi connectivity index (χ2v) is 9.18. The van der Waals surface area contributed by atoms with Crippen LogP contribution in [0.4, 0.5) is 10.5 Å². The maximum Gasteiger partial charge on any atom is 0.325 e. The highest BCUT2D eigenvalue weighted by atomic mass is 16.6. The van der Waals surface area contributed by atoms with Crippen molar-refractivity contribution in [3.05, 3.63) is 53.6 Å². The molecule has 2 N–H and O–H groups in total. The van der Waals surface area contributed by atoms with E-state index in [9.17, 15) is 14.4 Å². The Hall–Kier alpha value is -3.55. The van der Waals surface area contributed by atoms with Gasteiger partial charge in [-0.05, 0) is 35.6 Å². The average molecular weight is 437 g/mol. The van der Waals surface area contributed by atoms with Crippen molar-refractivity contribution in [3.63, 3.8) is 0 Å². The van der Waals surface area contributed by atoms with Gasteiger partial charge in [0.15, 0.2) is 11.5 Å². The van der Waals surface area contributed by atoms with Gasteiger partial charge >= 0.3 is 6.03 Å². The maximum atomic E-state index is 13.1. The first-order valence-electron chi connectivity index (χ1n) is 10.5. The van der Waals surface area contributed by atoms with Crippen LogP contribution in [0.2, 0.25) is 0 Å². The Morgan fingerprint density at radius 1 is 1.06 bits per heavy atom. The van der Waals surface area contributed by atoms with Gasteiger partial charge in [-0.3, -0.25) is 14.5 Å². The van der Waals surface area contributed by atoms with Gasteiger partial charge < -0.3 is 20.1 Å². The summed E-state index contributed by atoms with van der Waals surface area (Å²) >= 11 is 0. The summed E-state index contributed by atoms with van der Waals surface area (Å²) in [5.74, 6) is 0.188. The van der Waals surface area contributed by atoms with Crippen molar-refractivity contribution in [3.8, 4) is 11.5 Å². The Morgan fingerprint density at radius 3 is 2.38 bits per heavy atom. The Balaban J connectivity index is 1.46. The van der Waals surface area contributed by atoms with E-state index in [1.165, 1.54) is 0 Å². The molecule has 1 unspecified atom stereocenters. The normalized spacial score (nSPS) is 20.2. The summed E-state index contributed by atoms with van der Waals surface area (Å²) in [7, 11) is 0. The van der Waals surface area contributed by atoms with Crippen LogP contribution in [0.15, 0.2) is 42.5 Å². The highest BCUT2D eigenvalue weighted by Crippen LogP contribution is 2.33. The summed E-state index contributed by atoms with van der Waals surface area (Å²) in [5, 5.41) is 5.44. The molecule has 1 saturated heterocycles. The number of hydrogen-bond acceptors (Lipinski definition) is 5. The quantitative estimate of drug-likeness (QED) is 0.717. The van der Waals surface area contributed by atoms with Crippen LogP contribution in [-0.2, 0) is 20.5 Å². The number of benzene rings is 2. The maximum absolute atomic E-state index is 13.1. The van der Waals surface area contributed by atoms with Gasteiger partial charge in [-0.15, -0.1) is 0 Å². The molecule has 2 aliphatic rings. The number of carbonyl (C=O) groups is 3. The molecule has 0 spiro atoms. The van der Waals surface area contributed by atoms with E-state index < -0.39 is 29.9 Å². The van der Waals surface area contributed by atoms with E-state index in [-0.39, 0.29) is 5.41 Å². The van der Waals surface area contributed by atoms with Gasteiger partial charge in [-0.25, -0.2) is 4.79 Å². The first-order chi connectivity index (χ1) is 15.1. The number of carbonyl (C=O) groups excluding carboxylic acids is 3. The third-order valence-electron chi connectivity index (χ3n) is 5.73. The molecule has 168 valence electrons. The molecule has 2 heterocycles. The zero-order chi connectivity index (χ0) is 23.1. The molecule has 0 aliphatic carbocycles. The number of hydrogen-bond donors (Lipinski definition) is 2. The highest BCUT2D eigenvalue weighted by molar-refractivity contribution is 6.10. The summed E-state index contributed by atoms with van der Waals surface area (Å²) in [4.78, 5) is 39.2. The summed E-state index contributed by atoms with van der Waals surface area (Å²) < 4.78 is 11.0. The van der Waals surface area contributed by atoms with Crippen LogP contribution in [0, 0.1) is 0 Å². The van der Waals surface area contributed by atoms with Crippen molar-refractivity contribution in [1.29, 1.82) is 0 Å². The molecule has 8 heteroatoms. The molecule has 0 saturated carbocycles. The van der Waals surface area contributed by atoms with Gasteiger partial charge in [-0.1, -0.05) is 45.0 Å². The Labute approximate surface area is 186 Å². The lowest BCUT2D eigenvalue weighted by molar-refractivity contribution is -0.133. The van der Waals surface area contributed by atoms with Crippen molar-refractivity contribution in [2.24, 2.45) is 0 Å². The van der Waals surface area contributed by atoms with Crippen LogP contribution < -0.4 is 20.1 Å². The number of ether oxygens (including phenoxy) is 2. The molecule has 1 atom stereocenters. The van der Waals surface area contributed by atoms with Crippen molar-refractivity contribution < 1.29 is 23.9 Å². The lowest BCUT2D eigenvalue weighted by Gasteiger charge is -2.24. The molecule has 0 radical (unpaired) electrons. The molecule has 1 fully saturated rings. The molecule has 0 bridgehead atoms. The average Bonchev–Trinajstić information content (AvgIpc) is 2.97. The zero-order valence-electron chi connectivity index (χ0n) is 18.7. The van der Waals surface area contributed by atoms with E-state index in [0.29, 0.717) is 36.0 Å². The van der Waals surface area contributed by atoms with Crippen LogP contribution in [0.25, 0.3) is 0 Å². The smallest absolute Gasteiger partial charge is 0.325 e. The third kappa shape index (κ3) is 4.00. The fraction of sp³-hybridized carbons (Fsp3) is 0.375. The number of nitrogens with zero attached hydrogens (tertiary/aromatic N) is 1. The van der Waals surface area contributed by atoms with Gasteiger partial charge in [0.05, 0.1) is 0 Å². The first-order valence-corrected chi connectivity index (χ1v) is 10.5. The fourth-order valence-electron chi connectivity index (χ4n) is 3.81. The van der Waals surface area contributed by atoms with Gasteiger partial charge in [0, 0.05) is 11.8 Å². The molecular weight excluding hydrogens is 410 g/mol. The lowest BCUT2D eigenvalue weighted by atomic mass is 9.84. The molecule has 4 amide bonds. The number of amides is 4. The number of rotatable bonds is 4. The van der Waals surface area contributed by atoms with Gasteiger partial charge in [0.2, 0.25) is 5.91 Å². The van der Waals surface area contributed by atoms with Crippen molar-refractivity contribution in [2.45, 2.75) is 38.6 Å². The van der Waals surface area contributed by atoms with Crippen molar-refractivity contribution in [1.82, 2.24) is 10.2 Å². The summed E-state index contributed by atoms with van der Waals surface area (Å²) in [6.07, 6.45) is 0. The van der Waals surface area contributed by atoms with Crippen LogP contribution in [-0.4, -0.2) is 42.5 Å². The number of anilines is 1. The van der Waals surface area contributed by atoms with E-state index in [2.05, 4.69) is 31.4 Å². The Kier molecular flexibility index (Phi) is 5.32. The second-order valence-electron chi connectivity index (χ2n) is 9.18.